The second-order valence-corrected chi connectivity index (χ2v) is 4.38. The average molecular weight is 230 g/mol. The smallest absolute Gasteiger partial charge is 0.141 e. The van der Waals surface area contributed by atoms with E-state index >= 15 is 0 Å². The van der Waals surface area contributed by atoms with Gasteiger partial charge < -0.3 is 9.14 Å². The van der Waals surface area contributed by atoms with Gasteiger partial charge in [0.2, 0.25) is 0 Å². The first-order chi connectivity index (χ1) is 7.86. The van der Waals surface area contributed by atoms with Crippen LogP contribution in [0.3, 0.4) is 0 Å². The number of pyridine rings is 1. The number of ether oxygens (including phenoxy) is 1. The summed E-state index contributed by atoms with van der Waals surface area (Å²) >= 11 is 1.69. The van der Waals surface area contributed by atoms with Gasteiger partial charge in [0.15, 0.2) is 0 Å². The molecule has 0 radical (unpaired) electrons. The van der Waals surface area contributed by atoms with Crippen LogP contribution in [-0.4, -0.2) is 16.5 Å². The van der Waals surface area contributed by atoms with Crippen molar-refractivity contribution in [3.63, 3.8) is 0 Å². The normalized spacial score (nSPS) is 10.8. The number of thiophene rings is 1. The minimum absolute atomic E-state index is 0.829. The van der Waals surface area contributed by atoms with Gasteiger partial charge in [-0.15, -0.1) is 11.3 Å². The summed E-state index contributed by atoms with van der Waals surface area (Å²) in [5.74, 6) is 0.829. The summed E-state index contributed by atoms with van der Waals surface area (Å²) in [6.07, 6.45) is 3.98. The monoisotopic (exact) mass is 230 g/mol. The number of aromatic nitrogens is 2. The SMILES string of the molecule is COc1ccn2cc(-c3cccs3)nc2c1. The molecular formula is C12H10N2OS. The van der Waals surface area contributed by atoms with E-state index in [1.165, 1.54) is 4.88 Å². The fourth-order valence-corrected chi connectivity index (χ4v) is 2.31. The van der Waals surface area contributed by atoms with E-state index in [0.29, 0.717) is 0 Å². The van der Waals surface area contributed by atoms with Crippen LogP contribution in [-0.2, 0) is 0 Å². The molecule has 16 heavy (non-hydrogen) atoms. The number of hydrogen-bond acceptors (Lipinski definition) is 3. The molecule has 0 spiro atoms. The van der Waals surface area contributed by atoms with E-state index in [2.05, 4.69) is 16.4 Å². The molecule has 3 aromatic heterocycles. The van der Waals surface area contributed by atoms with Crippen molar-refractivity contribution in [2.75, 3.05) is 7.11 Å². The minimum Gasteiger partial charge on any atom is -0.497 e. The van der Waals surface area contributed by atoms with E-state index in [9.17, 15) is 0 Å². The van der Waals surface area contributed by atoms with Crippen LogP contribution >= 0.6 is 11.3 Å². The topological polar surface area (TPSA) is 26.5 Å². The van der Waals surface area contributed by atoms with Gasteiger partial charge in [0.05, 0.1) is 17.7 Å². The van der Waals surface area contributed by atoms with Crippen LogP contribution in [0.2, 0.25) is 0 Å². The zero-order valence-electron chi connectivity index (χ0n) is 8.75. The van der Waals surface area contributed by atoms with Gasteiger partial charge in [-0.3, -0.25) is 0 Å². The van der Waals surface area contributed by atoms with Crippen LogP contribution in [0.15, 0.2) is 42.0 Å². The molecule has 0 N–H and O–H groups in total. The van der Waals surface area contributed by atoms with Crippen LogP contribution in [0.4, 0.5) is 0 Å². The standard InChI is InChI=1S/C12H10N2OS/c1-15-9-4-5-14-8-10(13-12(14)7-9)11-3-2-6-16-11/h2-8H,1H3. The predicted octanol–water partition coefficient (Wildman–Crippen LogP) is 3.07. The van der Waals surface area contributed by atoms with Gasteiger partial charge in [-0.05, 0) is 17.5 Å². The lowest BCUT2D eigenvalue weighted by Gasteiger charge is -1.98. The van der Waals surface area contributed by atoms with Gasteiger partial charge in [-0.1, -0.05) is 6.07 Å². The van der Waals surface area contributed by atoms with Crippen molar-refractivity contribution < 1.29 is 4.74 Å². The fourth-order valence-electron chi connectivity index (χ4n) is 1.63. The quantitative estimate of drug-likeness (QED) is 0.676. The number of hydrogen-bond donors (Lipinski definition) is 0. The number of methoxy groups -OCH3 is 1. The Hall–Kier alpha value is -1.81. The van der Waals surface area contributed by atoms with Crippen molar-refractivity contribution in [3.05, 3.63) is 42.0 Å². The van der Waals surface area contributed by atoms with Crippen LogP contribution < -0.4 is 4.74 Å². The Morgan fingerprint density at radius 2 is 2.31 bits per heavy atom. The molecule has 3 heterocycles. The molecule has 0 atom stereocenters. The Morgan fingerprint density at radius 1 is 1.38 bits per heavy atom. The molecule has 0 unspecified atom stereocenters. The lowest BCUT2D eigenvalue weighted by molar-refractivity contribution is 0.414. The molecule has 0 amide bonds. The summed E-state index contributed by atoms with van der Waals surface area (Å²) in [7, 11) is 1.66. The summed E-state index contributed by atoms with van der Waals surface area (Å²) in [5, 5.41) is 2.06. The molecule has 0 aromatic carbocycles. The van der Waals surface area contributed by atoms with E-state index in [0.717, 1.165) is 17.1 Å². The van der Waals surface area contributed by atoms with Crippen molar-refractivity contribution >= 4 is 17.0 Å². The van der Waals surface area contributed by atoms with Gasteiger partial charge >= 0.3 is 0 Å². The lowest BCUT2D eigenvalue weighted by Crippen LogP contribution is -1.85. The molecule has 0 bridgehead atoms. The summed E-state index contributed by atoms with van der Waals surface area (Å²) < 4.78 is 7.17. The zero-order chi connectivity index (χ0) is 11.0. The molecule has 3 aromatic rings. The van der Waals surface area contributed by atoms with Gasteiger partial charge in [0.1, 0.15) is 11.4 Å². The van der Waals surface area contributed by atoms with Crippen LogP contribution in [0, 0.1) is 0 Å². The van der Waals surface area contributed by atoms with Gasteiger partial charge in [0, 0.05) is 18.5 Å². The summed E-state index contributed by atoms with van der Waals surface area (Å²) in [6, 6.07) is 7.96. The maximum absolute atomic E-state index is 5.17. The molecule has 0 saturated carbocycles. The summed E-state index contributed by atoms with van der Waals surface area (Å²) in [5.41, 5.74) is 1.91. The van der Waals surface area contributed by atoms with Crippen molar-refractivity contribution in [3.8, 4) is 16.3 Å². The summed E-state index contributed by atoms with van der Waals surface area (Å²) in [4.78, 5) is 5.74. The minimum atomic E-state index is 0.829. The highest BCUT2D eigenvalue weighted by Crippen LogP contribution is 2.25. The molecule has 3 rings (SSSR count). The van der Waals surface area contributed by atoms with E-state index in [-0.39, 0.29) is 0 Å². The molecule has 0 aliphatic carbocycles. The first-order valence-electron chi connectivity index (χ1n) is 4.93. The number of fused-ring (bicyclic) bond motifs is 1. The average Bonchev–Trinajstić information content (AvgIpc) is 2.96. The highest BCUT2D eigenvalue weighted by molar-refractivity contribution is 7.13. The van der Waals surface area contributed by atoms with Crippen LogP contribution in [0.5, 0.6) is 5.75 Å². The van der Waals surface area contributed by atoms with Crippen molar-refractivity contribution in [1.82, 2.24) is 9.38 Å². The highest BCUT2D eigenvalue weighted by Gasteiger charge is 2.05. The van der Waals surface area contributed by atoms with E-state index in [1.54, 1.807) is 18.4 Å². The largest absolute Gasteiger partial charge is 0.497 e. The van der Waals surface area contributed by atoms with Crippen LogP contribution in [0.1, 0.15) is 0 Å². The third-order valence-electron chi connectivity index (χ3n) is 2.44. The Kier molecular flexibility index (Phi) is 2.15. The van der Waals surface area contributed by atoms with Gasteiger partial charge in [-0.25, -0.2) is 4.98 Å². The van der Waals surface area contributed by atoms with E-state index in [4.69, 9.17) is 4.74 Å². The number of nitrogens with zero attached hydrogens (tertiary/aromatic N) is 2. The Labute approximate surface area is 96.9 Å². The van der Waals surface area contributed by atoms with Crippen molar-refractivity contribution in [2.24, 2.45) is 0 Å². The van der Waals surface area contributed by atoms with E-state index in [1.807, 2.05) is 35.0 Å². The molecule has 4 heteroatoms. The van der Waals surface area contributed by atoms with Crippen molar-refractivity contribution in [2.45, 2.75) is 0 Å². The zero-order valence-corrected chi connectivity index (χ0v) is 9.57. The lowest BCUT2D eigenvalue weighted by atomic mass is 10.4. The third kappa shape index (κ3) is 1.47. The predicted molar refractivity (Wildman–Crippen MR) is 65.1 cm³/mol. The number of imidazole rings is 1. The number of rotatable bonds is 2. The molecule has 0 saturated heterocycles. The Bertz CT molecular complexity index is 613. The summed E-state index contributed by atoms with van der Waals surface area (Å²) in [6.45, 7) is 0. The molecule has 0 aliphatic rings. The molecule has 3 nitrogen and oxygen atoms in total. The molecule has 0 aliphatic heterocycles. The maximum atomic E-state index is 5.17. The third-order valence-corrected chi connectivity index (χ3v) is 3.33. The van der Waals surface area contributed by atoms with Gasteiger partial charge in [-0.2, -0.15) is 0 Å². The highest BCUT2D eigenvalue weighted by atomic mass is 32.1. The molecule has 0 fully saturated rings. The van der Waals surface area contributed by atoms with E-state index < -0.39 is 0 Å². The van der Waals surface area contributed by atoms with Crippen LogP contribution in [0.25, 0.3) is 16.2 Å². The maximum Gasteiger partial charge on any atom is 0.141 e. The second-order valence-electron chi connectivity index (χ2n) is 3.44. The van der Waals surface area contributed by atoms with Crippen molar-refractivity contribution in [1.29, 1.82) is 0 Å². The fraction of sp³-hybridized carbons (Fsp3) is 0.0833. The Balaban J connectivity index is 2.16. The molecule has 80 valence electrons. The second kappa shape index (κ2) is 3.64. The van der Waals surface area contributed by atoms with Gasteiger partial charge in [0.25, 0.3) is 0 Å². The first kappa shape index (κ1) is 9.42. The first-order valence-corrected chi connectivity index (χ1v) is 5.81. The molecular weight excluding hydrogens is 220 g/mol. The Morgan fingerprint density at radius 3 is 3.06 bits per heavy atom.